The summed E-state index contributed by atoms with van der Waals surface area (Å²) in [6, 6.07) is 2.21. The number of amides is 1. The number of hydrogen-bond acceptors (Lipinski definition) is 4. The Labute approximate surface area is 97.2 Å². The number of nitrogens with zero attached hydrogens (tertiary/aromatic N) is 1. The van der Waals surface area contributed by atoms with Gasteiger partial charge in [0.05, 0.1) is 24.6 Å². The molecule has 0 spiro atoms. The number of nitrogens with one attached hydrogen (secondary N) is 2. The number of ether oxygens (including phenoxy) is 1. The number of rotatable bonds is 8. The van der Waals surface area contributed by atoms with Crippen LogP contribution in [0.15, 0.2) is 0 Å². The highest BCUT2D eigenvalue weighted by atomic mass is 16.5. The summed E-state index contributed by atoms with van der Waals surface area (Å²) in [7, 11) is 1.59. The maximum Gasteiger partial charge on any atom is 0.234 e. The van der Waals surface area contributed by atoms with E-state index < -0.39 is 0 Å². The van der Waals surface area contributed by atoms with Gasteiger partial charge in [-0.3, -0.25) is 4.79 Å². The van der Waals surface area contributed by atoms with E-state index in [9.17, 15) is 4.79 Å². The highest BCUT2D eigenvalue weighted by Crippen LogP contribution is 2.16. The molecule has 5 nitrogen and oxygen atoms in total. The predicted molar refractivity (Wildman–Crippen MR) is 61.8 cm³/mol. The van der Waals surface area contributed by atoms with Crippen molar-refractivity contribution in [2.45, 2.75) is 20.3 Å². The highest BCUT2D eigenvalue weighted by Gasteiger charge is 2.15. The van der Waals surface area contributed by atoms with Crippen LogP contribution in [0.1, 0.15) is 20.3 Å². The Morgan fingerprint density at radius 1 is 1.44 bits per heavy atom. The summed E-state index contributed by atoms with van der Waals surface area (Å²) in [5.74, 6) is -0.0492. The fraction of sp³-hybridized carbons (Fsp3) is 0.818. The van der Waals surface area contributed by atoms with Crippen LogP contribution in [-0.4, -0.2) is 39.3 Å². The number of hydrogen-bond donors (Lipinski definition) is 2. The van der Waals surface area contributed by atoms with E-state index in [2.05, 4.69) is 16.7 Å². The van der Waals surface area contributed by atoms with Gasteiger partial charge in [0.1, 0.15) is 0 Å². The van der Waals surface area contributed by atoms with E-state index in [0.29, 0.717) is 19.7 Å². The number of carbonyl (C=O) groups excluding carboxylic acids is 1. The van der Waals surface area contributed by atoms with Gasteiger partial charge >= 0.3 is 0 Å². The smallest absolute Gasteiger partial charge is 0.234 e. The molecule has 0 aromatic carbocycles. The lowest BCUT2D eigenvalue weighted by atomic mass is 9.91. The standard InChI is InChI=1S/C11H21N3O2/c1-11(2,9-12)4-5-13-8-10(15)14-6-7-16-3/h13H,4-8H2,1-3H3,(H,14,15). The zero-order valence-corrected chi connectivity index (χ0v) is 10.3. The summed E-state index contributed by atoms with van der Waals surface area (Å²) in [6.07, 6.45) is 0.731. The summed E-state index contributed by atoms with van der Waals surface area (Å²) in [5.41, 5.74) is -0.334. The number of carbonyl (C=O) groups is 1. The molecule has 0 unspecified atom stereocenters. The lowest BCUT2D eigenvalue weighted by Gasteiger charge is -2.14. The molecule has 0 saturated carbocycles. The Bertz CT molecular complexity index is 246. The van der Waals surface area contributed by atoms with Gasteiger partial charge in [0.2, 0.25) is 5.91 Å². The molecule has 0 aliphatic rings. The number of methoxy groups -OCH3 is 1. The summed E-state index contributed by atoms with van der Waals surface area (Å²) in [4.78, 5) is 11.2. The van der Waals surface area contributed by atoms with E-state index >= 15 is 0 Å². The molecule has 0 heterocycles. The molecule has 0 atom stereocenters. The largest absolute Gasteiger partial charge is 0.383 e. The monoisotopic (exact) mass is 227 g/mol. The van der Waals surface area contributed by atoms with Crippen molar-refractivity contribution in [1.82, 2.24) is 10.6 Å². The van der Waals surface area contributed by atoms with Crippen molar-refractivity contribution in [1.29, 1.82) is 5.26 Å². The van der Waals surface area contributed by atoms with Gasteiger partial charge < -0.3 is 15.4 Å². The molecule has 0 rings (SSSR count). The molecule has 2 N–H and O–H groups in total. The van der Waals surface area contributed by atoms with Crippen molar-refractivity contribution in [2.24, 2.45) is 5.41 Å². The summed E-state index contributed by atoms with van der Waals surface area (Å²) < 4.78 is 4.81. The van der Waals surface area contributed by atoms with E-state index in [0.717, 1.165) is 6.42 Å². The summed E-state index contributed by atoms with van der Waals surface area (Å²) >= 11 is 0. The van der Waals surface area contributed by atoms with Gasteiger partial charge in [0.15, 0.2) is 0 Å². The maximum absolute atomic E-state index is 11.2. The van der Waals surface area contributed by atoms with E-state index in [4.69, 9.17) is 10.00 Å². The summed E-state index contributed by atoms with van der Waals surface area (Å²) in [5, 5.41) is 14.5. The van der Waals surface area contributed by atoms with Crippen LogP contribution >= 0.6 is 0 Å². The van der Waals surface area contributed by atoms with Gasteiger partial charge in [0.25, 0.3) is 0 Å². The first-order valence-corrected chi connectivity index (χ1v) is 5.39. The molecule has 1 amide bonds. The van der Waals surface area contributed by atoms with Crippen LogP contribution in [-0.2, 0) is 9.53 Å². The van der Waals surface area contributed by atoms with Crippen LogP contribution in [0.4, 0.5) is 0 Å². The van der Waals surface area contributed by atoms with Crippen molar-refractivity contribution in [2.75, 3.05) is 33.4 Å². The van der Waals surface area contributed by atoms with Gasteiger partial charge in [0, 0.05) is 13.7 Å². The second kappa shape index (κ2) is 8.08. The normalized spacial score (nSPS) is 10.9. The van der Waals surface area contributed by atoms with Crippen molar-refractivity contribution < 1.29 is 9.53 Å². The average Bonchev–Trinajstić information content (AvgIpc) is 2.25. The van der Waals surface area contributed by atoms with Crippen LogP contribution < -0.4 is 10.6 Å². The second-order valence-corrected chi connectivity index (χ2v) is 4.27. The third-order valence-electron chi connectivity index (χ3n) is 2.14. The summed E-state index contributed by atoms with van der Waals surface area (Å²) in [6.45, 7) is 5.76. The first kappa shape index (κ1) is 14.9. The van der Waals surface area contributed by atoms with Crippen LogP contribution in [0.5, 0.6) is 0 Å². The quantitative estimate of drug-likeness (QED) is 0.584. The molecule has 0 aliphatic carbocycles. The minimum absolute atomic E-state index is 0.0492. The van der Waals surface area contributed by atoms with Crippen molar-refractivity contribution >= 4 is 5.91 Å². The van der Waals surface area contributed by atoms with Crippen molar-refractivity contribution in [3.8, 4) is 6.07 Å². The lowest BCUT2D eigenvalue weighted by Crippen LogP contribution is -2.36. The third-order valence-corrected chi connectivity index (χ3v) is 2.14. The zero-order valence-electron chi connectivity index (χ0n) is 10.3. The van der Waals surface area contributed by atoms with Crippen LogP contribution in [0.2, 0.25) is 0 Å². The average molecular weight is 227 g/mol. The molecule has 0 aromatic heterocycles. The predicted octanol–water partition coefficient (Wildman–Crippen LogP) is 0.278. The molecule has 0 aliphatic heterocycles. The molecular formula is C11H21N3O2. The van der Waals surface area contributed by atoms with E-state index in [1.807, 2.05) is 13.8 Å². The minimum Gasteiger partial charge on any atom is -0.383 e. The SMILES string of the molecule is COCCNC(=O)CNCCC(C)(C)C#N. The second-order valence-electron chi connectivity index (χ2n) is 4.27. The molecule has 0 fully saturated rings. The van der Waals surface area contributed by atoms with Gasteiger partial charge in [-0.05, 0) is 26.8 Å². The Morgan fingerprint density at radius 2 is 2.12 bits per heavy atom. The fourth-order valence-electron chi connectivity index (χ4n) is 1.01. The van der Waals surface area contributed by atoms with Gasteiger partial charge in [-0.1, -0.05) is 0 Å². The molecular weight excluding hydrogens is 206 g/mol. The van der Waals surface area contributed by atoms with E-state index in [-0.39, 0.29) is 17.9 Å². The molecule has 16 heavy (non-hydrogen) atoms. The zero-order chi connectivity index (χ0) is 12.4. The Balaban J connectivity index is 3.45. The van der Waals surface area contributed by atoms with Crippen LogP contribution in [0.25, 0.3) is 0 Å². The Hall–Kier alpha value is -1.12. The molecule has 92 valence electrons. The van der Waals surface area contributed by atoms with Crippen molar-refractivity contribution in [3.63, 3.8) is 0 Å². The Morgan fingerprint density at radius 3 is 2.69 bits per heavy atom. The molecule has 0 aromatic rings. The van der Waals surface area contributed by atoms with Gasteiger partial charge in [-0.2, -0.15) is 5.26 Å². The van der Waals surface area contributed by atoms with Gasteiger partial charge in [-0.15, -0.1) is 0 Å². The number of nitriles is 1. The van der Waals surface area contributed by atoms with Crippen LogP contribution in [0, 0.1) is 16.7 Å². The molecule has 0 radical (unpaired) electrons. The van der Waals surface area contributed by atoms with Crippen LogP contribution in [0.3, 0.4) is 0 Å². The van der Waals surface area contributed by atoms with E-state index in [1.54, 1.807) is 7.11 Å². The van der Waals surface area contributed by atoms with Crippen molar-refractivity contribution in [3.05, 3.63) is 0 Å². The molecule has 0 bridgehead atoms. The third kappa shape index (κ3) is 8.21. The highest BCUT2D eigenvalue weighted by molar-refractivity contribution is 5.77. The first-order valence-electron chi connectivity index (χ1n) is 5.39. The molecule has 0 saturated heterocycles. The topological polar surface area (TPSA) is 74.2 Å². The molecule has 5 heteroatoms. The van der Waals surface area contributed by atoms with E-state index in [1.165, 1.54) is 0 Å². The minimum atomic E-state index is -0.334. The fourth-order valence-corrected chi connectivity index (χ4v) is 1.01. The maximum atomic E-state index is 11.2. The van der Waals surface area contributed by atoms with Gasteiger partial charge in [-0.25, -0.2) is 0 Å². The lowest BCUT2D eigenvalue weighted by molar-refractivity contribution is -0.120. The first-order chi connectivity index (χ1) is 7.52. The Kier molecular flexibility index (Phi) is 7.52.